The molecule has 2 aromatic carbocycles. The second-order valence-electron chi connectivity index (χ2n) is 4.68. The van der Waals surface area contributed by atoms with Crippen molar-refractivity contribution in [2.24, 2.45) is 0 Å². The van der Waals surface area contributed by atoms with Crippen LogP contribution >= 0.6 is 23.1 Å². The maximum atomic E-state index is 13.8. The molecule has 1 aromatic heterocycles. The van der Waals surface area contributed by atoms with Gasteiger partial charge in [0.1, 0.15) is 16.6 Å². The van der Waals surface area contributed by atoms with Crippen molar-refractivity contribution >= 4 is 23.1 Å². The number of thioether (sulfide) groups is 1. The zero-order valence-corrected chi connectivity index (χ0v) is 13.4. The van der Waals surface area contributed by atoms with Gasteiger partial charge in [0, 0.05) is 10.5 Å². The molecule has 22 heavy (non-hydrogen) atoms. The van der Waals surface area contributed by atoms with E-state index in [4.69, 9.17) is 0 Å². The van der Waals surface area contributed by atoms with Gasteiger partial charge in [0.25, 0.3) is 0 Å². The quantitative estimate of drug-likeness (QED) is 0.690. The van der Waals surface area contributed by atoms with Gasteiger partial charge in [-0.1, -0.05) is 23.5 Å². The normalized spacial score (nSPS) is 12.3. The van der Waals surface area contributed by atoms with Crippen LogP contribution in [0.15, 0.2) is 53.4 Å². The van der Waals surface area contributed by atoms with Gasteiger partial charge in [0.05, 0.1) is 5.25 Å². The largest absolute Gasteiger partial charge is 0.508 e. The van der Waals surface area contributed by atoms with E-state index in [0.29, 0.717) is 10.6 Å². The fraction of sp³-hybridized carbons (Fsp3) is 0.125. The zero-order valence-electron chi connectivity index (χ0n) is 11.7. The van der Waals surface area contributed by atoms with Crippen molar-refractivity contribution in [3.63, 3.8) is 0 Å². The fourth-order valence-corrected chi connectivity index (χ4v) is 3.86. The van der Waals surface area contributed by atoms with Crippen LogP contribution in [0.5, 0.6) is 5.75 Å². The average molecular weight is 332 g/mol. The van der Waals surface area contributed by atoms with E-state index < -0.39 is 0 Å². The van der Waals surface area contributed by atoms with Gasteiger partial charge in [-0.05, 0) is 43.3 Å². The van der Waals surface area contributed by atoms with Gasteiger partial charge in [-0.3, -0.25) is 0 Å². The molecule has 6 heteroatoms. The maximum Gasteiger partial charge on any atom is 0.150 e. The number of benzene rings is 2. The summed E-state index contributed by atoms with van der Waals surface area (Å²) < 4.78 is 13.8. The zero-order chi connectivity index (χ0) is 15.5. The van der Waals surface area contributed by atoms with E-state index in [-0.39, 0.29) is 16.8 Å². The minimum absolute atomic E-state index is 0.0996. The summed E-state index contributed by atoms with van der Waals surface area (Å²) in [6, 6.07) is 13.6. The van der Waals surface area contributed by atoms with E-state index in [1.807, 2.05) is 19.1 Å². The molecule has 0 saturated heterocycles. The molecule has 1 heterocycles. The molecule has 0 amide bonds. The predicted octanol–water partition coefficient (Wildman–Crippen LogP) is 4.90. The number of halogens is 1. The maximum absolute atomic E-state index is 13.8. The summed E-state index contributed by atoms with van der Waals surface area (Å²) in [6.45, 7) is 2.03. The van der Waals surface area contributed by atoms with Gasteiger partial charge in [-0.25, -0.2) is 4.39 Å². The number of rotatable bonds is 4. The number of hydrogen-bond acceptors (Lipinski definition) is 5. The number of phenols is 1. The Morgan fingerprint density at radius 3 is 2.55 bits per heavy atom. The molecule has 0 bridgehead atoms. The van der Waals surface area contributed by atoms with Gasteiger partial charge < -0.3 is 5.11 Å². The number of phenolic OH excluding ortho intramolecular Hbond substituents is 1. The molecule has 0 fully saturated rings. The monoisotopic (exact) mass is 332 g/mol. The Labute approximate surface area is 135 Å². The average Bonchev–Trinajstić information content (AvgIpc) is 3.00. The van der Waals surface area contributed by atoms with Crippen molar-refractivity contribution in [1.82, 2.24) is 10.2 Å². The smallest absolute Gasteiger partial charge is 0.150 e. The molecule has 112 valence electrons. The van der Waals surface area contributed by atoms with Crippen molar-refractivity contribution in [3.05, 3.63) is 59.4 Å². The first kappa shape index (κ1) is 15.0. The highest BCUT2D eigenvalue weighted by Gasteiger charge is 2.16. The Balaban J connectivity index is 1.78. The highest BCUT2D eigenvalue weighted by molar-refractivity contribution is 7.99. The molecule has 3 aromatic rings. The van der Waals surface area contributed by atoms with Gasteiger partial charge in [0.2, 0.25) is 0 Å². The summed E-state index contributed by atoms with van der Waals surface area (Å²) >= 11 is 3.02. The molecule has 0 unspecified atom stereocenters. The van der Waals surface area contributed by atoms with E-state index in [9.17, 15) is 9.50 Å². The van der Waals surface area contributed by atoms with Crippen LogP contribution in [-0.2, 0) is 0 Å². The minimum atomic E-state index is -0.288. The Hall–Kier alpha value is -1.92. The van der Waals surface area contributed by atoms with E-state index in [2.05, 4.69) is 10.2 Å². The van der Waals surface area contributed by atoms with Crippen LogP contribution in [0.2, 0.25) is 0 Å². The molecule has 0 saturated carbocycles. The highest BCUT2D eigenvalue weighted by Crippen LogP contribution is 2.38. The molecule has 0 spiro atoms. The van der Waals surface area contributed by atoms with Crippen molar-refractivity contribution in [1.29, 1.82) is 0 Å². The Kier molecular flexibility index (Phi) is 4.40. The van der Waals surface area contributed by atoms with Crippen molar-refractivity contribution in [2.75, 3.05) is 0 Å². The lowest BCUT2D eigenvalue weighted by Gasteiger charge is -2.07. The number of aromatic nitrogens is 2. The summed E-state index contributed by atoms with van der Waals surface area (Å²) in [4.78, 5) is 1.04. The number of nitrogens with zero attached hydrogens (tertiary/aromatic N) is 2. The fourth-order valence-electron chi connectivity index (χ4n) is 1.92. The van der Waals surface area contributed by atoms with Crippen LogP contribution in [0.25, 0.3) is 10.6 Å². The van der Waals surface area contributed by atoms with Crippen molar-refractivity contribution in [3.8, 4) is 16.3 Å². The summed E-state index contributed by atoms with van der Waals surface area (Å²) in [5.41, 5.74) is 0.480. The van der Waals surface area contributed by atoms with Crippen LogP contribution in [0, 0.1) is 5.82 Å². The lowest BCUT2D eigenvalue weighted by Crippen LogP contribution is -1.87. The lowest BCUT2D eigenvalue weighted by molar-refractivity contribution is 0.475. The summed E-state index contributed by atoms with van der Waals surface area (Å²) in [5.74, 6) is -0.0428. The third-order valence-corrected chi connectivity index (χ3v) is 5.45. The molecule has 0 aliphatic heterocycles. The van der Waals surface area contributed by atoms with Crippen molar-refractivity contribution < 1.29 is 9.50 Å². The molecule has 1 N–H and O–H groups in total. The predicted molar refractivity (Wildman–Crippen MR) is 87.7 cm³/mol. The van der Waals surface area contributed by atoms with Crippen LogP contribution in [0.1, 0.15) is 17.2 Å². The SMILES string of the molecule is C[C@H](Sc1ccc(O)cc1)c1nnc(-c2ccccc2F)s1. The van der Waals surface area contributed by atoms with Gasteiger partial charge >= 0.3 is 0 Å². The van der Waals surface area contributed by atoms with Crippen molar-refractivity contribution in [2.45, 2.75) is 17.1 Å². The Morgan fingerprint density at radius 2 is 1.82 bits per heavy atom. The van der Waals surface area contributed by atoms with Crippen LogP contribution < -0.4 is 0 Å². The summed E-state index contributed by atoms with van der Waals surface area (Å²) in [7, 11) is 0. The highest BCUT2D eigenvalue weighted by atomic mass is 32.2. The molecular weight excluding hydrogens is 319 g/mol. The van der Waals surface area contributed by atoms with Crippen LogP contribution in [0.3, 0.4) is 0 Å². The first-order chi connectivity index (χ1) is 10.6. The third-order valence-electron chi connectivity index (χ3n) is 3.04. The van der Waals surface area contributed by atoms with Gasteiger partial charge in [-0.15, -0.1) is 22.0 Å². The van der Waals surface area contributed by atoms with E-state index >= 15 is 0 Å². The molecule has 1 atom stereocenters. The number of hydrogen-bond donors (Lipinski definition) is 1. The van der Waals surface area contributed by atoms with Crippen LogP contribution in [0.4, 0.5) is 4.39 Å². The molecule has 0 aliphatic carbocycles. The summed E-state index contributed by atoms with van der Waals surface area (Å²) in [6.07, 6.45) is 0. The second-order valence-corrected chi connectivity index (χ2v) is 7.10. The molecular formula is C16H13FN2OS2. The first-order valence-corrected chi connectivity index (χ1v) is 8.37. The lowest BCUT2D eigenvalue weighted by atomic mass is 10.2. The second kappa shape index (κ2) is 6.46. The third kappa shape index (κ3) is 3.28. The summed E-state index contributed by atoms with van der Waals surface area (Å²) in [5, 5.41) is 19.1. The van der Waals surface area contributed by atoms with Crippen LogP contribution in [-0.4, -0.2) is 15.3 Å². The molecule has 0 aliphatic rings. The molecule has 3 rings (SSSR count). The van der Waals surface area contributed by atoms with E-state index in [1.54, 1.807) is 42.1 Å². The standard InChI is InChI=1S/C16H13FN2OS2/c1-10(21-12-8-6-11(20)7-9-12)15-18-19-16(22-15)13-4-2-3-5-14(13)17/h2-10,20H,1H3/t10-/m0/s1. The first-order valence-electron chi connectivity index (χ1n) is 6.67. The van der Waals surface area contributed by atoms with Gasteiger partial charge in [-0.2, -0.15) is 0 Å². The minimum Gasteiger partial charge on any atom is -0.508 e. The Bertz CT molecular complexity index is 774. The van der Waals surface area contributed by atoms with Gasteiger partial charge in [0.15, 0.2) is 5.01 Å². The Morgan fingerprint density at radius 1 is 1.09 bits per heavy atom. The molecule has 0 radical (unpaired) electrons. The molecule has 3 nitrogen and oxygen atoms in total. The van der Waals surface area contributed by atoms with E-state index in [1.165, 1.54) is 17.4 Å². The topological polar surface area (TPSA) is 46.0 Å². The number of aromatic hydroxyl groups is 1. The van der Waals surface area contributed by atoms with E-state index in [0.717, 1.165) is 9.90 Å².